The SMILES string of the molecule is CCCNC(=O)C(C)Nc1cc(NC)nc(COC)n1. The van der Waals surface area contributed by atoms with Crippen molar-refractivity contribution < 1.29 is 9.53 Å². The first-order valence-corrected chi connectivity index (χ1v) is 6.69. The van der Waals surface area contributed by atoms with E-state index in [2.05, 4.69) is 25.9 Å². The van der Waals surface area contributed by atoms with E-state index in [1.165, 1.54) is 0 Å². The van der Waals surface area contributed by atoms with E-state index in [-0.39, 0.29) is 11.9 Å². The lowest BCUT2D eigenvalue weighted by Gasteiger charge is -2.15. The predicted octanol–water partition coefficient (Wildman–Crippen LogP) is 0.991. The number of nitrogens with one attached hydrogen (secondary N) is 3. The molecular formula is C13H23N5O2. The lowest BCUT2D eigenvalue weighted by molar-refractivity contribution is -0.121. The summed E-state index contributed by atoms with van der Waals surface area (Å²) in [6, 6.07) is 1.39. The number of anilines is 2. The van der Waals surface area contributed by atoms with E-state index in [9.17, 15) is 4.79 Å². The number of carbonyl (C=O) groups excluding carboxylic acids is 1. The van der Waals surface area contributed by atoms with Crippen molar-refractivity contribution in [1.82, 2.24) is 15.3 Å². The summed E-state index contributed by atoms with van der Waals surface area (Å²) in [4.78, 5) is 20.4. The molecule has 0 radical (unpaired) electrons. The molecule has 1 aromatic heterocycles. The second kappa shape index (κ2) is 8.31. The molecule has 1 aromatic rings. The zero-order valence-electron chi connectivity index (χ0n) is 12.5. The van der Waals surface area contributed by atoms with Gasteiger partial charge in [-0.3, -0.25) is 4.79 Å². The molecule has 0 saturated heterocycles. The molecule has 0 aliphatic carbocycles. The predicted molar refractivity (Wildman–Crippen MR) is 78.7 cm³/mol. The zero-order chi connectivity index (χ0) is 15.0. The number of rotatable bonds is 8. The van der Waals surface area contributed by atoms with Crippen LogP contribution in [0.2, 0.25) is 0 Å². The third-order valence-electron chi connectivity index (χ3n) is 2.61. The van der Waals surface area contributed by atoms with Gasteiger partial charge in [0.05, 0.1) is 0 Å². The fraction of sp³-hybridized carbons (Fsp3) is 0.615. The lowest BCUT2D eigenvalue weighted by atomic mass is 10.3. The molecule has 0 aliphatic heterocycles. The van der Waals surface area contributed by atoms with Gasteiger partial charge in [0.2, 0.25) is 5.91 Å². The third-order valence-corrected chi connectivity index (χ3v) is 2.61. The van der Waals surface area contributed by atoms with Gasteiger partial charge >= 0.3 is 0 Å². The first-order valence-electron chi connectivity index (χ1n) is 6.69. The van der Waals surface area contributed by atoms with Gasteiger partial charge in [0.1, 0.15) is 24.3 Å². The van der Waals surface area contributed by atoms with Gasteiger partial charge in [0, 0.05) is 26.8 Å². The van der Waals surface area contributed by atoms with Crippen LogP contribution < -0.4 is 16.0 Å². The Hall–Kier alpha value is -1.89. The van der Waals surface area contributed by atoms with Gasteiger partial charge in [-0.1, -0.05) is 6.92 Å². The third kappa shape index (κ3) is 5.00. The topological polar surface area (TPSA) is 88.2 Å². The van der Waals surface area contributed by atoms with Crippen LogP contribution in [0.15, 0.2) is 6.07 Å². The van der Waals surface area contributed by atoms with Crippen molar-refractivity contribution in [2.75, 3.05) is 31.3 Å². The van der Waals surface area contributed by atoms with E-state index in [1.54, 1.807) is 27.1 Å². The van der Waals surface area contributed by atoms with E-state index in [1.807, 2.05) is 6.92 Å². The van der Waals surface area contributed by atoms with Gasteiger partial charge in [-0.2, -0.15) is 0 Å². The van der Waals surface area contributed by atoms with Crippen LogP contribution in [-0.2, 0) is 16.1 Å². The number of hydrogen-bond acceptors (Lipinski definition) is 6. The minimum Gasteiger partial charge on any atom is -0.377 e. The molecule has 0 saturated carbocycles. The van der Waals surface area contributed by atoms with Crippen LogP contribution in [0.4, 0.5) is 11.6 Å². The van der Waals surface area contributed by atoms with Crippen molar-refractivity contribution in [3.05, 3.63) is 11.9 Å². The Kier molecular flexibility index (Phi) is 6.72. The molecule has 112 valence electrons. The van der Waals surface area contributed by atoms with Crippen molar-refractivity contribution in [3.63, 3.8) is 0 Å². The smallest absolute Gasteiger partial charge is 0.242 e. The maximum Gasteiger partial charge on any atom is 0.242 e. The number of amides is 1. The average molecular weight is 281 g/mol. The van der Waals surface area contributed by atoms with Crippen LogP contribution >= 0.6 is 0 Å². The molecule has 1 heterocycles. The van der Waals surface area contributed by atoms with Crippen molar-refractivity contribution in [2.24, 2.45) is 0 Å². The highest BCUT2D eigenvalue weighted by Crippen LogP contribution is 2.12. The lowest BCUT2D eigenvalue weighted by Crippen LogP contribution is -2.38. The molecule has 1 amide bonds. The first kappa shape index (κ1) is 16.2. The van der Waals surface area contributed by atoms with Crippen molar-refractivity contribution in [3.8, 4) is 0 Å². The molecule has 7 heteroatoms. The summed E-state index contributed by atoms with van der Waals surface area (Å²) >= 11 is 0. The molecular weight excluding hydrogens is 258 g/mol. The molecule has 0 aromatic carbocycles. The van der Waals surface area contributed by atoms with Gasteiger partial charge in [0.15, 0.2) is 5.82 Å². The van der Waals surface area contributed by atoms with Gasteiger partial charge < -0.3 is 20.7 Å². The summed E-state index contributed by atoms with van der Waals surface area (Å²) in [6.07, 6.45) is 0.911. The summed E-state index contributed by atoms with van der Waals surface area (Å²) in [5, 5.41) is 8.86. The largest absolute Gasteiger partial charge is 0.377 e. The molecule has 1 rings (SSSR count). The number of ether oxygens (including phenoxy) is 1. The highest BCUT2D eigenvalue weighted by Gasteiger charge is 2.13. The Bertz CT molecular complexity index is 439. The molecule has 3 N–H and O–H groups in total. The quantitative estimate of drug-likeness (QED) is 0.658. The molecule has 7 nitrogen and oxygen atoms in total. The Morgan fingerprint density at radius 2 is 2.10 bits per heavy atom. The van der Waals surface area contributed by atoms with Crippen LogP contribution in [0.5, 0.6) is 0 Å². The molecule has 0 fully saturated rings. The minimum atomic E-state index is -0.364. The summed E-state index contributed by atoms with van der Waals surface area (Å²) < 4.78 is 5.03. The zero-order valence-corrected chi connectivity index (χ0v) is 12.5. The van der Waals surface area contributed by atoms with Gasteiger partial charge in [0.25, 0.3) is 0 Å². The molecule has 0 spiro atoms. The van der Waals surface area contributed by atoms with E-state index in [0.717, 1.165) is 6.42 Å². The van der Waals surface area contributed by atoms with Crippen LogP contribution in [0.3, 0.4) is 0 Å². The highest BCUT2D eigenvalue weighted by molar-refractivity contribution is 5.83. The Balaban J connectivity index is 2.74. The molecule has 1 unspecified atom stereocenters. The molecule has 20 heavy (non-hydrogen) atoms. The number of hydrogen-bond donors (Lipinski definition) is 3. The summed E-state index contributed by atoms with van der Waals surface area (Å²) in [5.41, 5.74) is 0. The first-order chi connectivity index (χ1) is 9.60. The maximum absolute atomic E-state index is 11.8. The van der Waals surface area contributed by atoms with Crippen molar-refractivity contribution in [1.29, 1.82) is 0 Å². The van der Waals surface area contributed by atoms with Crippen LogP contribution in [0, 0.1) is 0 Å². The number of nitrogens with zero attached hydrogens (tertiary/aromatic N) is 2. The average Bonchev–Trinajstić information content (AvgIpc) is 2.44. The summed E-state index contributed by atoms with van der Waals surface area (Å²) in [7, 11) is 3.36. The minimum absolute atomic E-state index is 0.0511. The summed E-state index contributed by atoms with van der Waals surface area (Å²) in [6.45, 7) is 4.80. The fourth-order valence-electron chi connectivity index (χ4n) is 1.58. The van der Waals surface area contributed by atoms with Gasteiger partial charge in [-0.05, 0) is 13.3 Å². The molecule has 0 aliphatic rings. The van der Waals surface area contributed by atoms with E-state index >= 15 is 0 Å². The second-order valence-corrected chi connectivity index (χ2v) is 4.39. The van der Waals surface area contributed by atoms with E-state index < -0.39 is 0 Å². The fourth-order valence-corrected chi connectivity index (χ4v) is 1.58. The van der Waals surface area contributed by atoms with Gasteiger partial charge in [-0.25, -0.2) is 9.97 Å². The van der Waals surface area contributed by atoms with E-state index in [4.69, 9.17) is 4.74 Å². The van der Waals surface area contributed by atoms with Crippen LogP contribution in [0.1, 0.15) is 26.1 Å². The Morgan fingerprint density at radius 1 is 1.40 bits per heavy atom. The Labute approximate surface area is 119 Å². The van der Waals surface area contributed by atoms with Crippen molar-refractivity contribution in [2.45, 2.75) is 32.9 Å². The molecule has 1 atom stereocenters. The monoisotopic (exact) mass is 281 g/mol. The molecule has 0 bridgehead atoms. The summed E-state index contributed by atoms with van der Waals surface area (Å²) in [5.74, 6) is 1.78. The van der Waals surface area contributed by atoms with Crippen LogP contribution in [-0.4, -0.2) is 42.6 Å². The van der Waals surface area contributed by atoms with Crippen molar-refractivity contribution >= 4 is 17.5 Å². The maximum atomic E-state index is 11.8. The number of carbonyl (C=O) groups is 1. The number of aromatic nitrogens is 2. The highest BCUT2D eigenvalue weighted by atomic mass is 16.5. The van der Waals surface area contributed by atoms with Crippen LogP contribution in [0.25, 0.3) is 0 Å². The standard InChI is InChI=1S/C13H23N5O2/c1-5-6-15-13(19)9(2)16-11-7-10(14-3)17-12(18-11)8-20-4/h7,9H,5-6,8H2,1-4H3,(H,15,19)(H2,14,16,17,18). The second-order valence-electron chi connectivity index (χ2n) is 4.39. The normalized spacial score (nSPS) is 11.8. The Morgan fingerprint density at radius 3 is 2.70 bits per heavy atom. The van der Waals surface area contributed by atoms with E-state index in [0.29, 0.717) is 30.6 Å². The van der Waals surface area contributed by atoms with Gasteiger partial charge in [-0.15, -0.1) is 0 Å². The number of methoxy groups -OCH3 is 1.